The Kier molecular flexibility index (Phi) is 2.55. The molecule has 15 heavy (non-hydrogen) atoms. The molecule has 3 N–H and O–H groups in total. The highest BCUT2D eigenvalue weighted by Crippen LogP contribution is 2.15. The van der Waals surface area contributed by atoms with Gasteiger partial charge in [0.2, 0.25) is 5.56 Å². The molecule has 1 fully saturated rings. The van der Waals surface area contributed by atoms with Crippen LogP contribution in [0.3, 0.4) is 0 Å². The van der Waals surface area contributed by atoms with E-state index in [-0.39, 0.29) is 11.5 Å². The Bertz CT molecular complexity index is 421. The number of amides is 1. The van der Waals surface area contributed by atoms with Crippen LogP contribution in [0, 0.1) is 5.92 Å². The Hall–Kier alpha value is -1.62. The summed E-state index contributed by atoms with van der Waals surface area (Å²) in [6.07, 6.45) is 0. The molecule has 1 aromatic heterocycles. The number of likely N-dealkylation sites (tertiary alicyclic amines) is 1. The quantitative estimate of drug-likeness (QED) is 0.680. The molecule has 1 aliphatic heterocycles. The second kappa shape index (κ2) is 3.86. The highest BCUT2D eigenvalue weighted by Gasteiger charge is 2.30. The smallest absolute Gasteiger partial charge is 0.270 e. The molecule has 80 valence electrons. The average molecular weight is 207 g/mol. The van der Waals surface area contributed by atoms with Gasteiger partial charge in [0.15, 0.2) is 0 Å². The predicted octanol–water partition coefficient (Wildman–Crippen LogP) is -0.594. The van der Waals surface area contributed by atoms with Crippen LogP contribution in [0.25, 0.3) is 0 Å². The summed E-state index contributed by atoms with van der Waals surface area (Å²) in [5.41, 5.74) is 5.56. The van der Waals surface area contributed by atoms with Crippen LogP contribution in [0.1, 0.15) is 10.5 Å². The van der Waals surface area contributed by atoms with Gasteiger partial charge in [0.25, 0.3) is 5.91 Å². The first kappa shape index (κ1) is 9.92. The van der Waals surface area contributed by atoms with Gasteiger partial charge in [-0.3, -0.25) is 9.59 Å². The summed E-state index contributed by atoms with van der Waals surface area (Å²) >= 11 is 0. The summed E-state index contributed by atoms with van der Waals surface area (Å²) in [5.74, 6) is 0.279. The van der Waals surface area contributed by atoms with Gasteiger partial charge < -0.3 is 15.6 Å². The fraction of sp³-hybridized carbons (Fsp3) is 0.400. The first-order valence-corrected chi connectivity index (χ1v) is 4.89. The van der Waals surface area contributed by atoms with E-state index in [9.17, 15) is 9.59 Å². The van der Waals surface area contributed by atoms with Crippen molar-refractivity contribution in [2.75, 3.05) is 19.6 Å². The number of hydrogen-bond donors (Lipinski definition) is 2. The summed E-state index contributed by atoms with van der Waals surface area (Å²) in [6, 6.07) is 4.57. The number of aromatic amines is 1. The zero-order valence-electron chi connectivity index (χ0n) is 8.27. The number of rotatable bonds is 2. The van der Waals surface area contributed by atoms with E-state index in [1.165, 1.54) is 6.07 Å². The van der Waals surface area contributed by atoms with Gasteiger partial charge >= 0.3 is 0 Å². The first-order valence-electron chi connectivity index (χ1n) is 4.89. The number of carbonyl (C=O) groups excluding carboxylic acids is 1. The zero-order chi connectivity index (χ0) is 10.8. The third-order valence-electron chi connectivity index (χ3n) is 2.58. The predicted molar refractivity (Wildman–Crippen MR) is 55.5 cm³/mol. The maximum absolute atomic E-state index is 11.8. The maximum atomic E-state index is 11.8. The summed E-state index contributed by atoms with van der Waals surface area (Å²) in [6.45, 7) is 1.98. The van der Waals surface area contributed by atoms with Crippen molar-refractivity contribution in [2.24, 2.45) is 11.7 Å². The minimum atomic E-state index is -0.253. The number of carbonyl (C=O) groups is 1. The molecule has 0 radical (unpaired) electrons. The van der Waals surface area contributed by atoms with E-state index >= 15 is 0 Å². The highest BCUT2D eigenvalue weighted by molar-refractivity contribution is 5.92. The van der Waals surface area contributed by atoms with Crippen molar-refractivity contribution in [3.63, 3.8) is 0 Å². The summed E-state index contributed by atoms with van der Waals surface area (Å²) in [7, 11) is 0. The van der Waals surface area contributed by atoms with Crippen molar-refractivity contribution < 1.29 is 4.79 Å². The van der Waals surface area contributed by atoms with Crippen LogP contribution < -0.4 is 11.3 Å². The van der Waals surface area contributed by atoms with E-state index in [0.717, 1.165) is 0 Å². The Morgan fingerprint density at radius 3 is 2.87 bits per heavy atom. The van der Waals surface area contributed by atoms with Gasteiger partial charge in [-0.25, -0.2) is 0 Å². The van der Waals surface area contributed by atoms with Crippen molar-refractivity contribution in [1.82, 2.24) is 9.88 Å². The number of nitrogens with one attached hydrogen (secondary N) is 1. The molecule has 0 aromatic carbocycles. The Morgan fingerprint density at radius 2 is 2.27 bits per heavy atom. The SMILES string of the molecule is NCC1CN(C(=O)c2cccc(=O)[nH]2)C1. The van der Waals surface area contributed by atoms with Crippen molar-refractivity contribution in [1.29, 1.82) is 0 Å². The molecule has 0 spiro atoms. The van der Waals surface area contributed by atoms with E-state index < -0.39 is 0 Å². The van der Waals surface area contributed by atoms with E-state index in [1.807, 2.05) is 0 Å². The molecular formula is C10H13N3O2. The topological polar surface area (TPSA) is 79.2 Å². The lowest BCUT2D eigenvalue weighted by atomic mass is 10.00. The molecular weight excluding hydrogens is 194 g/mol. The Morgan fingerprint density at radius 1 is 1.53 bits per heavy atom. The number of nitrogens with two attached hydrogens (primary N) is 1. The average Bonchev–Trinajstić information content (AvgIpc) is 2.16. The van der Waals surface area contributed by atoms with E-state index in [4.69, 9.17) is 5.73 Å². The van der Waals surface area contributed by atoms with Gasteiger partial charge in [0.1, 0.15) is 5.69 Å². The molecule has 5 heteroatoms. The second-order valence-electron chi connectivity index (χ2n) is 3.74. The van der Waals surface area contributed by atoms with Crippen molar-refractivity contribution in [2.45, 2.75) is 0 Å². The van der Waals surface area contributed by atoms with Crippen LogP contribution >= 0.6 is 0 Å². The summed E-state index contributed by atoms with van der Waals surface area (Å²) in [4.78, 5) is 26.9. The molecule has 2 heterocycles. The van der Waals surface area contributed by atoms with Crippen LogP contribution in [0.15, 0.2) is 23.0 Å². The number of pyridine rings is 1. The fourth-order valence-electron chi connectivity index (χ4n) is 1.63. The molecule has 1 amide bonds. The van der Waals surface area contributed by atoms with E-state index in [0.29, 0.717) is 31.2 Å². The molecule has 2 rings (SSSR count). The van der Waals surface area contributed by atoms with Crippen molar-refractivity contribution in [3.05, 3.63) is 34.2 Å². The van der Waals surface area contributed by atoms with Gasteiger partial charge in [-0.05, 0) is 12.6 Å². The van der Waals surface area contributed by atoms with E-state index in [1.54, 1.807) is 17.0 Å². The Labute approximate surface area is 86.9 Å². The largest absolute Gasteiger partial charge is 0.337 e. The molecule has 1 saturated heterocycles. The molecule has 0 saturated carbocycles. The number of hydrogen-bond acceptors (Lipinski definition) is 3. The third-order valence-corrected chi connectivity index (χ3v) is 2.58. The molecule has 0 bridgehead atoms. The van der Waals surface area contributed by atoms with Crippen LogP contribution in [0.2, 0.25) is 0 Å². The highest BCUT2D eigenvalue weighted by atomic mass is 16.2. The lowest BCUT2D eigenvalue weighted by Crippen LogP contribution is -2.52. The first-order chi connectivity index (χ1) is 7.20. The molecule has 0 aliphatic carbocycles. The minimum absolute atomic E-state index is 0.127. The molecule has 1 aliphatic rings. The van der Waals surface area contributed by atoms with Crippen molar-refractivity contribution >= 4 is 5.91 Å². The van der Waals surface area contributed by atoms with Crippen LogP contribution in [-0.4, -0.2) is 35.4 Å². The number of H-pyrrole nitrogens is 1. The minimum Gasteiger partial charge on any atom is -0.337 e. The number of aromatic nitrogens is 1. The van der Waals surface area contributed by atoms with Crippen LogP contribution in [-0.2, 0) is 0 Å². The second-order valence-corrected chi connectivity index (χ2v) is 3.74. The summed E-state index contributed by atoms with van der Waals surface area (Å²) < 4.78 is 0. The lowest BCUT2D eigenvalue weighted by molar-refractivity contribution is 0.0509. The molecule has 1 aromatic rings. The lowest BCUT2D eigenvalue weighted by Gasteiger charge is -2.38. The Balaban J connectivity index is 2.06. The van der Waals surface area contributed by atoms with Gasteiger partial charge in [-0.2, -0.15) is 0 Å². The van der Waals surface area contributed by atoms with Gasteiger partial charge in [0.05, 0.1) is 0 Å². The monoisotopic (exact) mass is 207 g/mol. The van der Waals surface area contributed by atoms with Crippen LogP contribution in [0.4, 0.5) is 0 Å². The summed E-state index contributed by atoms with van der Waals surface area (Å²) in [5, 5.41) is 0. The number of nitrogens with zero attached hydrogens (tertiary/aromatic N) is 1. The standard InChI is InChI=1S/C10H13N3O2/c11-4-7-5-13(6-7)10(15)8-2-1-3-9(14)12-8/h1-3,7H,4-6,11H2,(H,12,14). The van der Waals surface area contributed by atoms with Crippen molar-refractivity contribution in [3.8, 4) is 0 Å². The van der Waals surface area contributed by atoms with Gasteiger partial charge in [-0.1, -0.05) is 6.07 Å². The van der Waals surface area contributed by atoms with Gasteiger partial charge in [0, 0.05) is 25.1 Å². The molecule has 0 unspecified atom stereocenters. The molecule has 5 nitrogen and oxygen atoms in total. The molecule has 0 atom stereocenters. The van der Waals surface area contributed by atoms with E-state index in [2.05, 4.69) is 4.98 Å². The third kappa shape index (κ3) is 1.92. The fourth-order valence-corrected chi connectivity index (χ4v) is 1.63. The van der Waals surface area contributed by atoms with Crippen LogP contribution in [0.5, 0.6) is 0 Å². The normalized spacial score (nSPS) is 16.2. The maximum Gasteiger partial charge on any atom is 0.270 e. The zero-order valence-corrected chi connectivity index (χ0v) is 8.27. The van der Waals surface area contributed by atoms with Gasteiger partial charge in [-0.15, -0.1) is 0 Å².